The quantitative estimate of drug-likeness (QED) is 0.618. The summed E-state index contributed by atoms with van der Waals surface area (Å²) < 4.78 is 6.07. The van der Waals surface area contributed by atoms with Gasteiger partial charge >= 0.3 is 0 Å². The monoisotopic (exact) mass is 446 g/mol. The maximum atomic E-state index is 12.4. The Morgan fingerprint density at radius 2 is 1.94 bits per heavy atom. The van der Waals surface area contributed by atoms with Crippen LogP contribution in [0.25, 0.3) is 28.4 Å². The van der Waals surface area contributed by atoms with E-state index in [2.05, 4.69) is 31.1 Å². The van der Waals surface area contributed by atoms with Crippen molar-refractivity contribution in [1.29, 1.82) is 0 Å². The number of rotatable bonds is 6. The summed E-state index contributed by atoms with van der Waals surface area (Å²) in [4.78, 5) is 25.6. The van der Waals surface area contributed by atoms with Crippen LogP contribution in [0.3, 0.4) is 0 Å². The van der Waals surface area contributed by atoms with Gasteiger partial charge in [0.05, 0.1) is 17.3 Å². The van der Waals surface area contributed by atoms with Crippen molar-refractivity contribution in [2.45, 2.75) is 39.7 Å². The van der Waals surface area contributed by atoms with Crippen molar-refractivity contribution in [3.63, 3.8) is 0 Å². The minimum absolute atomic E-state index is 0.0675. The number of nitrogens with one attached hydrogen (secondary N) is 1. The highest BCUT2D eigenvalue weighted by molar-refractivity contribution is 5.95. The van der Waals surface area contributed by atoms with Gasteiger partial charge in [-0.1, -0.05) is 12.2 Å². The summed E-state index contributed by atoms with van der Waals surface area (Å²) in [6, 6.07) is 6.08. The second kappa shape index (κ2) is 8.84. The van der Waals surface area contributed by atoms with E-state index in [0.717, 1.165) is 78.4 Å². The SMILES string of the molecule is CC=Cc1cc2[nH]nc(-c3cc(N4CCN(C(=O)C5CC5)CC4)ncn3)c2cc1OC(C)C. The number of amides is 1. The standard InChI is InChI=1S/C25H30N6O2/c1-4-5-18-12-20-19(13-22(18)33-16(2)3)24(29-28-20)21-14-23(27-15-26-21)30-8-10-31(11-9-30)25(32)17-6-7-17/h4-5,12-17H,6-11H2,1-3H3,(H,28,29). The highest BCUT2D eigenvalue weighted by atomic mass is 16.5. The molecule has 1 aliphatic carbocycles. The number of nitrogens with zero attached hydrogens (tertiary/aromatic N) is 5. The molecule has 1 saturated carbocycles. The molecule has 33 heavy (non-hydrogen) atoms. The van der Waals surface area contributed by atoms with E-state index in [1.54, 1.807) is 6.33 Å². The van der Waals surface area contributed by atoms with Crippen molar-refractivity contribution in [3.05, 3.63) is 36.2 Å². The van der Waals surface area contributed by atoms with Crippen LogP contribution in [-0.4, -0.2) is 63.3 Å². The maximum absolute atomic E-state index is 12.4. The van der Waals surface area contributed by atoms with Gasteiger partial charge in [0.25, 0.3) is 0 Å². The van der Waals surface area contributed by atoms with Crippen molar-refractivity contribution in [2.24, 2.45) is 5.92 Å². The maximum Gasteiger partial charge on any atom is 0.225 e. The molecule has 3 aromatic rings. The van der Waals surface area contributed by atoms with Crippen molar-refractivity contribution in [3.8, 4) is 17.1 Å². The number of fused-ring (bicyclic) bond motifs is 1. The van der Waals surface area contributed by atoms with Crippen LogP contribution in [0.4, 0.5) is 5.82 Å². The lowest BCUT2D eigenvalue weighted by Gasteiger charge is -2.35. The van der Waals surface area contributed by atoms with E-state index in [4.69, 9.17) is 4.74 Å². The first-order valence-corrected chi connectivity index (χ1v) is 11.7. The van der Waals surface area contributed by atoms with Crippen LogP contribution in [0.2, 0.25) is 0 Å². The predicted octanol–water partition coefficient (Wildman–Crippen LogP) is 3.90. The number of piperazine rings is 1. The van der Waals surface area contributed by atoms with Gasteiger partial charge < -0.3 is 14.5 Å². The molecule has 0 bridgehead atoms. The molecule has 2 aliphatic rings. The molecule has 1 N–H and O–H groups in total. The molecular formula is C25H30N6O2. The summed E-state index contributed by atoms with van der Waals surface area (Å²) in [6.07, 6.45) is 7.79. The Balaban J connectivity index is 1.41. The first-order chi connectivity index (χ1) is 16.0. The van der Waals surface area contributed by atoms with Crippen LogP contribution < -0.4 is 9.64 Å². The third-order valence-electron chi connectivity index (χ3n) is 6.14. The average molecular weight is 447 g/mol. The molecule has 3 heterocycles. The van der Waals surface area contributed by atoms with Gasteiger partial charge in [-0.05, 0) is 45.7 Å². The molecule has 1 aromatic carbocycles. The topological polar surface area (TPSA) is 87.2 Å². The number of hydrogen-bond donors (Lipinski definition) is 1. The van der Waals surface area contributed by atoms with E-state index in [-0.39, 0.29) is 12.0 Å². The largest absolute Gasteiger partial charge is 0.490 e. The molecule has 2 fully saturated rings. The molecule has 172 valence electrons. The zero-order valence-electron chi connectivity index (χ0n) is 19.4. The summed E-state index contributed by atoms with van der Waals surface area (Å²) in [5.41, 5.74) is 3.48. The van der Waals surface area contributed by atoms with E-state index < -0.39 is 0 Å². The molecule has 2 aromatic heterocycles. The van der Waals surface area contributed by atoms with Gasteiger partial charge in [0.15, 0.2) is 0 Å². The number of benzene rings is 1. The van der Waals surface area contributed by atoms with E-state index in [0.29, 0.717) is 5.91 Å². The highest BCUT2D eigenvalue weighted by Crippen LogP contribution is 2.34. The van der Waals surface area contributed by atoms with Crippen molar-refractivity contribution in [2.75, 3.05) is 31.1 Å². The summed E-state index contributed by atoms with van der Waals surface area (Å²) in [6.45, 7) is 9.06. The number of allylic oxidation sites excluding steroid dienone is 1. The van der Waals surface area contributed by atoms with E-state index in [9.17, 15) is 4.79 Å². The number of ether oxygens (including phenoxy) is 1. The van der Waals surface area contributed by atoms with Crippen LogP contribution in [0.15, 0.2) is 30.6 Å². The first-order valence-electron chi connectivity index (χ1n) is 11.7. The number of anilines is 1. The molecule has 8 heteroatoms. The van der Waals surface area contributed by atoms with Crippen molar-refractivity contribution < 1.29 is 9.53 Å². The smallest absolute Gasteiger partial charge is 0.225 e. The third-order valence-corrected chi connectivity index (χ3v) is 6.14. The van der Waals surface area contributed by atoms with Gasteiger partial charge in [-0.3, -0.25) is 9.89 Å². The Morgan fingerprint density at radius 1 is 1.15 bits per heavy atom. The summed E-state index contributed by atoms with van der Waals surface area (Å²) in [5, 5.41) is 8.67. The van der Waals surface area contributed by atoms with Gasteiger partial charge in [-0.2, -0.15) is 5.10 Å². The molecule has 0 radical (unpaired) electrons. The number of aromatic amines is 1. The second-order valence-corrected chi connectivity index (χ2v) is 9.02. The summed E-state index contributed by atoms with van der Waals surface area (Å²) >= 11 is 0. The summed E-state index contributed by atoms with van der Waals surface area (Å²) in [5.74, 6) is 2.27. The number of carbonyl (C=O) groups is 1. The average Bonchev–Trinajstić information content (AvgIpc) is 3.59. The molecular weight excluding hydrogens is 416 g/mol. The fraction of sp³-hybridized carbons (Fsp3) is 0.440. The normalized spacial score (nSPS) is 16.8. The molecule has 0 unspecified atom stereocenters. The minimum atomic E-state index is 0.0675. The van der Waals surface area contributed by atoms with E-state index >= 15 is 0 Å². The van der Waals surface area contributed by atoms with Crippen molar-refractivity contribution in [1.82, 2.24) is 25.1 Å². The minimum Gasteiger partial charge on any atom is -0.490 e. The van der Waals surface area contributed by atoms with E-state index in [1.165, 1.54) is 0 Å². The Morgan fingerprint density at radius 3 is 2.64 bits per heavy atom. The van der Waals surface area contributed by atoms with Gasteiger partial charge in [0.2, 0.25) is 5.91 Å². The molecule has 1 saturated heterocycles. The van der Waals surface area contributed by atoms with Crippen LogP contribution >= 0.6 is 0 Å². The van der Waals surface area contributed by atoms with Crippen LogP contribution in [0, 0.1) is 5.92 Å². The van der Waals surface area contributed by atoms with Crippen LogP contribution in [0.1, 0.15) is 39.2 Å². The van der Waals surface area contributed by atoms with Crippen LogP contribution in [0.5, 0.6) is 5.75 Å². The Hall–Kier alpha value is -3.42. The van der Waals surface area contributed by atoms with Gasteiger partial charge in [-0.25, -0.2) is 9.97 Å². The van der Waals surface area contributed by atoms with Gasteiger partial charge in [0.1, 0.15) is 23.6 Å². The zero-order chi connectivity index (χ0) is 22.9. The van der Waals surface area contributed by atoms with Gasteiger partial charge in [0, 0.05) is 49.1 Å². The second-order valence-electron chi connectivity index (χ2n) is 9.02. The third kappa shape index (κ3) is 4.42. The first kappa shape index (κ1) is 21.4. The lowest BCUT2D eigenvalue weighted by Crippen LogP contribution is -2.49. The lowest BCUT2D eigenvalue weighted by molar-refractivity contribution is -0.132. The Bertz CT molecular complexity index is 1190. The Kier molecular flexibility index (Phi) is 5.74. The number of H-pyrrole nitrogens is 1. The number of aromatic nitrogens is 4. The zero-order valence-corrected chi connectivity index (χ0v) is 19.4. The molecule has 5 rings (SSSR count). The molecule has 1 amide bonds. The fourth-order valence-electron chi connectivity index (χ4n) is 4.32. The molecule has 8 nitrogen and oxygen atoms in total. The number of carbonyl (C=O) groups excluding carboxylic acids is 1. The fourth-order valence-corrected chi connectivity index (χ4v) is 4.32. The van der Waals surface area contributed by atoms with E-state index in [1.807, 2.05) is 50.0 Å². The highest BCUT2D eigenvalue weighted by Gasteiger charge is 2.34. The van der Waals surface area contributed by atoms with Gasteiger partial charge in [-0.15, -0.1) is 0 Å². The predicted molar refractivity (Wildman–Crippen MR) is 129 cm³/mol. The molecule has 1 aliphatic heterocycles. The Labute approximate surface area is 193 Å². The van der Waals surface area contributed by atoms with Crippen molar-refractivity contribution >= 4 is 28.7 Å². The molecule has 0 spiro atoms. The summed E-state index contributed by atoms with van der Waals surface area (Å²) in [7, 11) is 0. The lowest BCUT2D eigenvalue weighted by atomic mass is 10.1. The molecule has 0 atom stereocenters. The number of hydrogen-bond acceptors (Lipinski definition) is 6. The van der Waals surface area contributed by atoms with Crippen LogP contribution in [-0.2, 0) is 4.79 Å².